The van der Waals surface area contributed by atoms with E-state index in [-0.39, 0.29) is 12.2 Å². The number of fused-ring (bicyclic) bond motifs is 3. The summed E-state index contributed by atoms with van der Waals surface area (Å²) in [5, 5.41) is 25.6. The summed E-state index contributed by atoms with van der Waals surface area (Å²) in [6, 6.07) is 11.0. The first kappa shape index (κ1) is 33.8. The first-order chi connectivity index (χ1) is 21.6. The largest absolute Gasteiger partial charge is 0.490 e. The number of methoxy groups -OCH3 is 1. The average molecular weight is 663 g/mol. The van der Waals surface area contributed by atoms with Crippen molar-refractivity contribution in [1.82, 2.24) is 14.8 Å². The van der Waals surface area contributed by atoms with Crippen molar-refractivity contribution in [3.8, 4) is 21.9 Å². The number of thiophene rings is 1. The Morgan fingerprint density at radius 1 is 0.978 bits per heavy atom. The van der Waals surface area contributed by atoms with Crippen LogP contribution in [0, 0.1) is 26.6 Å². The topological polar surface area (TPSA) is 153 Å². The minimum Gasteiger partial charge on any atom is -0.482 e. The Morgan fingerprint density at radius 3 is 2.20 bits per heavy atom. The van der Waals surface area contributed by atoms with E-state index in [4.69, 9.17) is 29.5 Å². The number of alkyl halides is 3. The van der Waals surface area contributed by atoms with Crippen LogP contribution >= 0.6 is 11.3 Å². The van der Waals surface area contributed by atoms with Crippen molar-refractivity contribution >= 4 is 35.0 Å². The van der Waals surface area contributed by atoms with E-state index < -0.39 is 42.6 Å². The van der Waals surface area contributed by atoms with Crippen LogP contribution in [0.3, 0.4) is 0 Å². The summed E-state index contributed by atoms with van der Waals surface area (Å²) in [4.78, 5) is 38.2. The number of ether oxygens (including phenoxy) is 2. The lowest BCUT2D eigenvalue weighted by atomic mass is 9.97. The van der Waals surface area contributed by atoms with Gasteiger partial charge in [0.1, 0.15) is 28.4 Å². The molecular weight excluding hydrogens is 636 g/mol. The van der Waals surface area contributed by atoms with E-state index in [2.05, 4.69) is 17.1 Å². The molecule has 1 atom stereocenters. The lowest BCUT2D eigenvalue weighted by Crippen LogP contribution is -2.21. The van der Waals surface area contributed by atoms with Gasteiger partial charge in [-0.05, 0) is 49.6 Å². The van der Waals surface area contributed by atoms with E-state index in [1.165, 1.54) is 13.2 Å². The summed E-state index contributed by atoms with van der Waals surface area (Å²) < 4.78 is 58.1. The summed E-state index contributed by atoms with van der Waals surface area (Å²) in [5.41, 5.74) is 4.79. The molecule has 16 heteroatoms. The number of aromatic nitrogens is 3. The number of rotatable bonds is 7. The second-order valence-corrected chi connectivity index (χ2v) is 11.1. The second-order valence-electron chi connectivity index (χ2n) is 9.92. The molecule has 0 saturated heterocycles. The molecule has 242 valence electrons. The molecule has 5 rings (SSSR count). The molecule has 0 fully saturated rings. The summed E-state index contributed by atoms with van der Waals surface area (Å²) >= 11 is 1.62. The van der Waals surface area contributed by atoms with E-state index in [0.29, 0.717) is 28.5 Å². The molecule has 4 aromatic rings. The Kier molecular flexibility index (Phi) is 9.89. The van der Waals surface area contributed by atoms with Crippen LogP contribution in [0.5, 0.6) is 5.75 Å². The number of nitrogens with zero attached hydrogens (tertiary/aromatic N) is 4. The Bertz CT molecular complexity index is 1830. The number of carbonyl (C=O) groups excluding carboxylic acids is 1. The molecule has 0 spiro atoms. The van der Waals surface area contributed by atoms with Crippen molar-refractivity contribution in [3.63, 3.8) is 0 Å². The van der Waals surface area contributed by atoms with Gasteiger partial charge in [-0.15, -0.1) is 21.5 Å². The van der Waals surface area contributed by atoms with Gasteiger partial charge in [0.05, 0.1) is 19.2 Å². The van der Waals surface area contributed by atoms with Gasteiger partial charge in [0.2, 0.25) is 0 Å². The molecule has 2 aromatic heterocycles. The van der Waals surface area contributed by atoms with Crippen molar-refractivity contribution in [2.75, 3.05) is 13.7 Å². The predicted octanol–water partition coefficient (Wildman–Crippen LogP) is 5.61. The number of esters is 1. The highest BCUT2D eigenvalue weighted by molar-refractivity contribution is 7.15. The van der Waals surface area contributed by atoms with Crippen LogP contribution in [-0.4, -0.2) is 68.5 Å². The number of carbonyl (C=O) groups is 3. The minimum atomic E-state index is -5.08. The van der Waals surface area contributed by atoms with Crippen molar-refractivity contribution in [1.29, 1.82) is 0 Å². The molecule has 3 heterocycles. The van der Waals surface area contributed by atoms with Crippen LogP contribution in [0.2, 0.25) is 0 Å². The zero-order chi connectivity index (χ0) is 33.9. The molecule has 0 unspecified atom stereocenters. The van der Waals surface area contributed by atoms with Gasteiger partial charge in [-0.2, -0.15) is 13.2 Å². The van der Waals surface area contributed by atoms with Gasteiger partial charge in [0.15, 0.2) is 12.4 Å². The molecule has 1 aliphatic heterocycles. The van der Waals surface area contributed by atoms with Crippen LogP contribution in [0.25, 0.3) is 16.1 Å². The highest BCUT2D eigenvalue weighted by Crippen LogP contribution is 2.40. The number of aliphatic imine (C=N–C) groups is 1. The summed E-state index contributed by atoms with van der Waals surface area (Å²) in [7, 11) is 1.34. The third kappa shape index (κ3) is 7.39. The molecule has 46 heavy (non-hydrogen) atoms. The van der Waals surface area contributed by atoms with Gasteiger partial charge < -0.3 is 19.7 Å². The number of halogens is 4. The van der Waals surface area contributed by atoms with Crippen LogP contribution in [0.4, 0.5) is 17.6 Å². The van der Waals surface area contributed by atoms with Gasteiger partial charge in [-0.25, -0.2) is 14.0 Å². The SMILES string of the molecule is COC(=O)C[C@@H]1N=C(c2ccc(-c3cc(F)cc(OCC(=O)O)c3)cc2)c2c(sc(C)c2C)-n2c(C)nnc21.O=C(O)C(F)(F)F. The lowest BCUT2D eigenvalue weighted by Gasteiger charge is -2.12. The van der Waals surface area contributed by atoms with Gasteiger partial charge in [0.25, 0.3) is 0 Å². The third-order valence-corrected chi connectivity index (χ3v) is 7.99. The van der Waals surface area contributed by atoms with Crippen molar-refractivity contribution in [2.45, 2.75) is 39.4 Å². The maximum atomic E-state index is 14.3. The molecule has 0 saturated carbocycles. The second kappa shape index (κ2) is 13.5. The standard InChI is InChI=1S/C28H25FN4O5S.C2HF3O2/c1-14-15(2)39-28-25(14)26(30-22(12-24(36)37-4)27-32-31-16(3)33(27)28)18-7-5-17(6-8-18)19-9-20(29)11-21(10-19)38-13-23(34)35;3-2(4,5)1(6)7/h5-11,22H,12-13H2,1-4H3,(H,34,35);(H,6,7)/t22-;/m0./s1. The van der Waals surface area contributed by atoms with Gasteiger partial charge in [-0.1, -0.05) is 24.3 Å². The monoisotopic (exact) mass is 662 g/mol. The first-order valence-corrected chi connectivity index (χ1v) is 14.2. The van der Waals surface area contributed by atoms with E-state index in [1.807, 2.05) is 42.7 Å². The molecule has 2 aromatic carbocycles. The summed E-state index contributed by atoms with van der Waals surface area (Å²) in [6.45, 7) is 5.39. The Labute approximate surface area is 262 Å². The Balaban J connectivity index is 0.000000617. The average Bonchev–Trinajstić information content (AvgIpc) is 3.47. The predicted molar refractivity (Wildman–Crippen MR) is 157 cm³/mol. The summed E-state index contributed by atoms with van der Waals surface area (Å²) in [5.74, 6) is -3.46. The number of aliphatic carboxylic acids is 2. The van der Waals surface area contributed by atoms with Crippen LogP contribution in [0.1, 0.15) is 45.7 Å². The molecular formula is C30H26F4N4O7S. The fourth-order valence-corrected chi connectivity index (χ4v) is 5.76. The molecule has 1 aliphatic rings. The van der Waals surface area contributed by atoms with Gasteiger partial charge in [0, 0.05) is 22.1 Å². The van der Waals surface area contributed by atoms with E-state index in [0.717, 1.165) is 32.6 Å². The Hall–Kier alpha value is -5.12. The van der Waals surface area contributed by atoms with Gasteiger partial charge in [-0.3, -0.25) is 14.4 Å². The number of hydrogen-bond acceptors (Lipinski definition) is 9. The van der Waals surface area contributed by atoms with Crippen LogP contribution < -0.4 is 4.74 Å². The maximum absolute atomic E-state index is 14.3. The highest BCUT2D eigenvalue weighted by Gasteiger charge is 2.38. The highest BCUT2D eigenvalue weighted by atomic mass is 32.1. The fourth-order valence-electron chi connectivity index (χ4n) is 4.54. The molecule has 2 N–H and O–H groups in total. The minimum absolute atomic E-state index is 0.00556. The lowest BCUT2D eigenvalue weighted by molar-refractivity contribution is -0.192. The van der Waals surface area contributed by atoms with Crippen LogP contribution in [-0.2, 0) is 19.1 Å². The molecule has 0 aliphatic carbocycles. The maximum Gasteiger partial charge on any atom is 0.490 e. The number of hydrogen-bond donors (Lipinski definition) is 2. The molecule has 11 nitrogen and oxygen atoms in total. The molecule has 0 radical (unpaired) electrons. The summed E-state index contributed by atoms with van der Waals surface area (Å²) in [6.07, 6.45) is -5.08. The smallest absolute Gasteiger partial charge is 0.482 e. The third-order valence-electron chi connectivity index (χ3n) is 6.79. The molecule has 0 amide bonds. The number of carboxylic acid groups (broad SMARTS) is 2. The van der Waals surface area contributed by atoms with E-state index in [1.54, 1.807) is 17.4 Å². The first-order valence-electron chi connectivity index (χ1n) is 13.3. The molecule has 0 bridgehead atoms. The fraction of sp³-hybridized carbons (Fsp3) is 0.267. The normalized spacial score (nSPS) is 13.7. The zero-order valence-electron chi connectivity index (χ0n) is 24.7. The Morgan fingerprint density at radius 2 is 1.61 bits per heavy atom. The van der Waals surface area contributed by atoms with E-state index >= 15 is 0 Å². The van der Waals surface area contributed by atoms with E-state index in [9.17, 15) is 27.2 Å². The number of benzene rings is 2. The van der Waals surface area contributed by atoms with Crippen molar-refractivity contribution in [3.05, 3.63) is 81.5 Å². The number of aryl methyl sites for hydroxylation is 2. The zero-order valence-corrected chi connectivity index (χ0v) is 25.5. The van der Waals surface area contributed by atoms with Crippen LogP contribution in [0.15, 0.2) is 47.5 Å². The quantitative estimate of drug-likeness (QED) is 0.190. The number of carboxylic acids is 2. The van der Waals surface area contributed by atoms with Gasteiger partial charge >= 0.3 is 24.1 Å². The van der Waals surface area contributed by atoms with Crippen molar-refractivity contribution in [2.24, 2.45) is 4.99 Å². The van der Waals surface area contributed by atoms with Crippen molar-refractivity contribution < 1.29 is 51.6 Å².